The van der Waals surface area contributed by atoms with Crippen LogP contribution >= 0.6 is 0 Å². The van der Waals surface area contributed by atoms with E-state index in [2.05, 4.69) is 16.7 Å². The van der Waals surface area contributed by atoms with Gasteiger partial charge in [0, 0.05) is 12.6 Å². The molecule has 1 fully saturated rings. The molecule has 2 aromatic carbocycles. The van der Waals surface area contributed by atoms with E-state index in [1.807, 2.05) is 42.5 Å². The summed E-state index contributed by atoms with van der Waals surface area (Å²) in [6, 6.07) is 17.5. The van der Waals surface area contributed by atoms with Crippen LogP contribution in [0.1, 0.15) is 36.8 Å². The standard InChI is InChI=1S/C21H23N3O2/c22-13-17-3-1-2-4-20(17)16-7-5-15(6-8-16)14-23-21(26)24-18-9-11-19(25)12-10-18/h1-8,18-19,25H,9-12,14H2,(H2,23,24,26). The van der Waals surface area contributed by atoms with Crippen LogP contribution in [0, 0.1) is 11.3 Å². The zero-order valence-electron chi connectivity index (χ0n) is 14.6. The largest absolute Gasteiger partial charge is 0.393 e. The van der Waals surface area contributed by atoms with Crippen LogP contribution in [0.2, 0.25) is 0 Å². The number of nitrogens with zero attached hydrogens (tertiary/aromatic N) is 1. The van der Waals surface area contributed by atoms with Gasteiger partial charge < -0.3 is 15.7 Å². The molecule has 0 heterocycles. The van der Waals surface area contributed by atoms with E-state index in [9.17, 15) is 15.2 Å². The lowest BCUT2D eigenvalue weighted by molar-refractivity contribution is 0.117. The third kappa shape index (κ3) is 4.62. The Hall–Kier alpha value is -2.84. The lowest BCUT2D eigenvalue weighted by atomic mass is 9.93. The average molecular weight is 349 g/mol. The van der Waals surface area contributed by atoms with Crippen molar-refractivity contribution in [1.29, 1.82) is 5.26 Å². The van der Waals surface area contributed by atoms with Gasteiger partial charge in [0.05, 0.1) is 17.7 Å². The number of benzene rings is 2. The van der Waals surface area contributed by atoms with E-state index in [1.165, 1.54) is 0 Å². The summed E-state index contributed by atoms with van der Waals surface area (Å²) in [4.78, 5) is 12.0. The molecule has 1 aliphatic rings. The van der Waals surface area contributed by atoms with Crippen molar-refractivity contribution in [3.63, 3.8) is 0 Å². The fourth-order valence-corrected chi connectivity index (χ4v) is 3.27. The highest BCUT2D eigenvalue weighted by Crippen LogP contribution is 2.23. The van der Waals surface area contributed by atoms with Gasteiger partial charge in [-0.2, -0.15) is 5.26 Å². The van der Waals surface area contributed by atoms with Crippen LogP contribution in [0.5, 0.6) is 0 Å². The minimum Gasteiger partial charge on any atom is -0.393 e. The molecule has 3 rings (SSSR count). The van der Waals surface area contributed by atoms with Crippen molar-refractivity contribution in [3.8, 4) is 17.2 Å². The van der Waals surface area contributed by atoms with Crippen LogP contribution < -0.4 is 10.6 Å². The zero-order valence-corrected chi connectivity index (χ0v) is 14.6. The number of hydrogen-bond donors (Lipinski definition) is 3. The fourth-order valence-electron chi connectivity index (χ4n) is 3.27. The molecule has 0 saturated heterocycles. The molecule has 0 atom stereocenters. The topological polar surface area (TPSA) is 85.2 Å². The minimum absolute atomic E-state index is 0.142. The maximum atomic E-state index is 12.0. The third-order valence-electron chi connectivity index (χ3n) is 4.80. The number of rotatable bonds is 4. The number of hydrogen-bond acceptors (Lipinski definition) is 3. The first-order valence-electron chi connectivity index (χ1n) is 8.96. The maximum Gasteiger partial charge on any atom is 0.315 e. The molecule has 5 nitrogen and oxygen atoms in total. The Bertz CT molecular complexity index is 788. The quantitative estimate of drug-likeness (QED) is 0.791. The van der Waals surface area contributed by atoms with Gasteiger partial charge in [-0.25, -0.2) is 4.79 Å². The number of amides is 2. The molecule has 1 saturated carbocycles. The first-order valence-corrected chi connectivity index (χ1v) is 8.96. The molecule has 0 aromatic heterocycles. The van der Waals surface area contributed by atoms with Crippen molar-refractivity contribution in [2.24, 2.45) is 0 Å². The second-order valence-electron chi connectivity index (χ2n) is 6.69. The highest BCUT2D eigenvalue weighted by Gasteiger charge is 2.20. The first kappa shape index (κ1) is 18.0. The van der Waals surface area contributed by atoms with Gasteiger partial charge in [0.2, 0.25) is 0 Å². The predicted molar refractivity (Wildman–Crippen MR) is 100 cm³/mol. The highest BCUT2D eigenvalue weighted by molar-refractivity contribution is 5.74. The summed E-state index contributed by atoms with van der Waals surface area (Å²) >= 11 is 0. The molecule has 5 heteroatoms. The van der Waals surface area contributed by atoms with Crippen molar-refractivity contribution < 1.29 is 9.90 Å². The number of aliphatic hydroxyl groups is 1. The number of urea groups is 1. The number of aliphatic hydroxyl groups excluding tert-OH is 1. The molecule has 0 bridgehead atoms. The lowest BCUT2D eigenvalue weighted by Gasteiger charge is -2.26. The van der Waals surface area contributed by atoms with Gasteiger partial charge in [-0.15, -0.1) is 0 Å². The van der Waals surface area contributed by atoms with Crippen LogP contribution in [-0.2, 0) is 6.54 Å². The molecule has 26 heavy (non-hydrogen) atoms. The maximum absolute atomic E-state index is 12.0. The molecule has 134 valence electrons. The Kier molecular flexibility index (Phi) is 5.88. The van der Waals surface area contributed by atoms with Crippen LogP contribution in [-0.4, -0.2) is 23.3 Å². The molecular formula is C21H23N3O2. The van der Waals surface area contributed by atoms with Crippen molar-refractivity contribution in [1.82, 2.24) is 10.6 Å². The summed E-state index contributed by atoms with van der Waals surface area (Å²) < 4.78 is 0. The van der Waals surface area contributed by atoms with Gasteiger partial charge in [0.25, 0.3) is 0 Å². The fraction of sp³-hybridized carbons (Fsp3) is 0.333. The summed E-state index contributed by atoms with van der Waals surface area (Å²) in [6.45, 7) is 0.446. The van der Waals surface area contributed by atoms with Gasteiger partial charge in [-0.3, -0.25) is 0 Å². The Labute approximate surface area is 153 Å². The molecule has 3 N–H and O–H groups in total. The Balaban J connectivity index is 1.53. The smallest absolute Gasteiger partial charge is 0.315 e. The van der Waals surface area contributed by atoms with Crippen molar-refractivity contribution >= 4 is 6.03 Å². The molecule has 0 aliphatic heterocycles. The molecule has 2 aromatic rings. The van der Waals surface area contributed by atoms with E-state index in [-0.39, 0.29) is 18.2 Å². The monoisotopic (exact) mass is 349 g/mol. The van der Waals surface area contributed by atoms with E-state index >= 15 is 0 Å². The van der Waals surface area contributed by atoms with Gasteiger partial charge in [0.1, 0.15) is 0 Å². The molecule has 0 radical (unpaired) electrons. The summed E-state index contributed by atoms with van der Waals surface area (Å²) in [5.41, 5.74) is 3.54. The normalized spacial score (nSPS) is 19.4. The Morgan fingerprint density at radius 2 is 1.77 bits per heavy atom. The Morgan fingerprint density at radius 3 is 2.46 bits per heavy atom. The van der Waals surface area contributed by atoms with Crippen molar-refractivity contribution in [2.75, 3.05) is 0 Å². The number of carbonyl (C=O) groups excluding carboxylic acids is 1. The molecular weight excluding hydrogens is 326 g/mol. The van der Waals surface area contributed by atoms with Crippen molar-refractivity contribution in [3.05, 3.63) is 59.7 Å². The highest BCUT2D eigenvalue weighted by atomic mass is 16.3. The SMILES string of the molecule is N#Cc1ccccc1-c1ccc(CNC(=O)NC2CCC(O)CC2)cc1. The van der Waals surface area contributed by atoms with Crippen LogP contribution in [0.3, 0.4) is 0 Å². The average Bonchev–Trinajstić information content (AvgIpc) is 2.68. The van der Waals surface area contributed by atoms with E-state index in [0.717, 1.165) is 42.4 Å². The summed E-state index contributed by atoms with van der Waals surface area (Å²) in [5, 5.41) is 24.6. The van der Waals surface area contributed by atoms with Gasteiger partial charge in [-0.05, 0) is 48.4 Å². The third-order valence-corrected chi connectivity index (χ3v) is 4.80. The van der Waals surface area contributed by atoms with E-state index in [4.69, 9.17) is 0 Å². The van der Waals surface area contributed by atoms with Crippen molar-refractivity contribution in [2.45, 2.75) is 44.4 Å². The van der Waals surface area contributed by atoms with Gasteiger partial charge >= 0.3 is 6.03 Å². The predicted octanol–water partition coefficient (Wildman–Crippen LogP) is 3.33. The lowest BCUT2D eigenvalue weighted by Crippen LogP contribution is -2.43. The summed E-state index contributed by atoms with van der Waals surface area (Å²) in [7, 11) is 0. The molecule has 0 unspecified atom stereocenters. The zero-order chi connectivity index (χ0) is 18.4. The number of carbonyl (C=O) groups is 1. The second-order valence-corrected chi connectivity index (χ2v) is 6.69. The first-order chi connectivity index (χ1) is 12.7. The Morgan fingerprint density at radius 1 is 1.08 bits per heavy atom. The summed E-state index contributed by atoms with van der Waals surface area (Å²) in [5.74, 6) is 0. The number of nitriles is 1. The molecule has 2 amide bonds. The van der Waals surface area contributed by atoms with E-state index in [0.29, 0.717) is 12.1 Å². The van der Waals surface area contributed by atoms with Gasteiger partial charge in [-0.1, -0.05) is 42.5 Å². The van der Waals surface area contributed by atoms with Crippen LogP contribution in [0.4, 0.5) is 4.79 Å². The number of nitrogens with one attached hydrogen (secondary N) is 2. The summed E-state index contributed by atoms with van der Waals surface area (Å²) in [6.07, 6.45) is 2.91. The molecule has 1 aliphatic carbocycles. The minimum atomic E-state index is -0.221. The van der Waals surface area contributed by atoms with E-state index in [1.54, 1.807) is 6.07 Å². The second kappa shape index (κ2) is 8.50. The van der Waals surface area contributed by atoms with Crippen LogP contribution in [0.25, 0.3) is 11.1 Å². The van der Waals surface area contributed by atoms with Crippen LogP contribution in [0.15, 0.2) is 48.5 Å². The van der Waals surface area contributed by atoms with Gasteiger partial charge in [0.15, 0.2) is 0 Å². The molecule has 0 spiro atoms. The van der Waals surface area contributed by atoms with E-state index < -0.39 is 0 Å².